The van der Waals surface area contributed by atoms with E-state index in [1.165, 1.54) is 11.8 Å². The number of allylic oxidation sites excluding steroid dienone is 1. The van der Waals surface area contributed by atoms with Crippen molar-refractivity contribution in [3.63, 3.8) is 0 Å². The van der Waals surface area contributed by atoms with Crippen LogP contribution in [0.3, 0.4) is 0 Å². The Morgan fingerprint density at radius 2 is 2.06 bits per heavy atom. The number of aryl methyl sites for hydroxylation is 1. The van der Waals surface area contributed by atoms with Crippen molar-refractivity contribution in [2.24, 2.45) is 0 Å². The molecular formula is C22H22Cl2N4O2S. The molecule has 1 unspecified atom stereocenters. The molecule has 0 spiro atoms. The van der Waals surface area contributed by atoms with E-state index in [9.17, 15) is 4.79 Å². The zero-order valence-corrected chi connectivity index (χ0v) is 19.5. The Morgan fingerprint density at radius 3 is 2.81 bits per heavy atom. The highest BCUT2D eigenvalue weighted by Crippen LogP contribution is 2.32. The molecule has 1 heterocycles. The van der Waals surface area contributed by atoms with Crippen LogP contribution in [0, 0.1) is 6.92 Å². The lowest BCUT2D eigenvalue weighted by Gasteiger charge is -2.16. The summed E-state index contributed by atoms with van der Waals surface area (Å²) in [6, 6.07) is 12.7. The zero-order valence-electron chi connectivity index (χ0n) is 17.1. The van der Waals surface area contributed by atoms with Gasteiger partial charge in [0.05, 0.1) is 10.8 Å². The van der Waals surface area contributed by atoms with Gasteiger partial charge in [-0.2, -0.15) is 0 Å². The van der Waals surface area contributed by atoms with Gasteiger partial charge in [0.1, 0.15) is 5.75 Å². The third-order valence-electron chi connectivity index (χ3n) is 4.37. The summed E-state index contributed by atoms with van der Waals surface area (Å²) in [4.78, 5) is 12.4. The fraction of sp³-hybridized carbons (Fsp3) is 0.227. The fourth-order valence-corrected chi connectivity index (χ4v) is 3.93. The van der Waals surface area contributed by atoms with Gasteiger partial charge in [0.2, 0.25) is 5.91 Å². The van der Waals surface area contributed by atoms with Crippen LogP contribution >= 0.6 is 35.0 Å². The standard InChI is InChI=1S/C22H22Cl2N4O2S/c1-4-11-28-21(15(3)30-19-12-16(23)9-10-17(19)24)26-27-22(28)31-13-20(29)25-18-8-6-5-7-14(18)2/h4-10,12,15H,1,11,13H2,2-3H3,(H,25,29). The van der Waals surface area contributed by atoms with Crippen LogP contribution in [0.25, 0.3) is 0 Å². The highest BCUT2D eigenvalue weighted by atomic mass is 35.5. The maximum absolute atomic E-state index is 12.4. The number of rotatable bonds is 9. The predicted molar refractivity (Wildman–Crippen MR) is 126 cm³/mol. The number of nitrogens with zero attached hydrogens (tertiary/aromatic N) is 3. The van der Waals surface area contributed by atoms with Gasteiger partial charge < -0.3 is 10.1 Å². The zero-order chi connectivity index (χ0) is 22.4. The van der Waals surface area contributed by atoms with Crippen molar-refractivity contribution in [1.82, 2.24) is 14.8 Å². The van der Waals surface area contributed by atoms with Gasteiger partial charge in [-0.05, 0) is 37.6 Å². The van der Waals surface area contributed by atoms with Crippen LogP contribution in [-0.2, 0) is 11.3 Å². The van der Waals surface area contributed by atoms with Crippen molar-refractivity contribution in [3.05, 3.63) is 76.6 Å². The maximum Gasteiger partial charge on any atom is 0.234 e. The van der Waals surface area contributed by atoms with Crippen LogP contribution in [0.15, 0.2) is 60.3 Å². The average molecular weight is 477 g/mol. The molecule has 2 aromatic carbocycles. The normalized spacial score (nSPS) is 11.7. The Morgan fingerprint density at radius 1 is 1.29 bits per heavy atom. The van der Waals surface area contributed by atoms with E-state index < -0.39 is 6.10 Å². The lowest BCUT2D eigenvalue weighted by molar-refractivity contribution is -0.113. The van der Waals surface area contributed by atoms with Crippen LogP contribution in [0.4, 0.5) is 5.69 Å². The summed E-state index contributed by atoms with van der Waals surface area (Å²) in [5.41, 5.74) is 1.80. The van der Waals surface area contributed by atoms with Crippen LogP contribution in [0.1, 0.15) is 24.4 Å². The van der Waals surface area contributed by atoms with Crippen molar-refractivity contribution in [1.29, 1.82) is 0 Å². The minimum atomic E-state index is -0.446. The minimum Gasteiger partial charge on any atom is -0.481 e. The second-order valence-electron chi connectivity index (χ2n) is 6.73. The smallest absolute Gasteiger partial charge is 0.234 e. The number of thioether (sulfide) groups is 1. The highest BCUT2D eigenvalue weighted by molar-refractivity contribution is 7.99. The molecule has 1 amide bonds. The first-order valence-electron chi connectivity index (χ1n) is 9.53. The van der Waals surface area contributed by atoms with Gasteiger partial charge in [0.15, 0.2) is 17.1 Å². The second-order valence-corrected chi connectivity index (χ2v) is 8.51. The van der Waals surface area contributed by atoms with Gasteiger partial charge >= 0.3 is 0 Å². The third kappa shape index (κ3) is 6.03. The van der Waals surface area contributed by atoms with Gasteiger partial charge in [-0.25, -0.2) is 0 Å². The molecule has 3 rings (SSSR count). The molecule has 9 heteroatoms. The number of halogens is 2. The fourth-order valence-electron chi connectivity index (χ4n) is 2.85. The van der Waals surface area contributed by atoms with E-state index in [-0.39, 0.29) is 11.7 Å². The van der Waals surface area contributed by atoms with E-state index in [0.29, 0.717) is 33.3 Å². The first kappa shape index (κ1) is 23.2. The number of hydrogen-bond acceptors (Lipinski definition) is 5. The number of benzene rings is 2. The molecule has 0 aliphatic heterocycles. The van der Waals surface area contributed by atoms with Crippen molar-refractivity contribution in [3.8, 4) is 5.75 Å². The number of carbonyl (C=O) groups is 1. The summed E-state index contributed by atoms with van der Waals surface area (Å²) in [5.74, 6) is 1.13. The molecule has 3 aromatic rings. The number of aromatic nitrogens is 3. The van der Waals surface area contributed by atoms with Gasteiger partial charge in [0.25, 0.3) is 0 Å². The SMILES string of the molecule is C=CCn1c(SCC(=O)Nc2ccccc2C)nnc1C(C)Oc1cc(Cl)ccc1Cl. The molecule has 1 N–H and O–H groups in total. The van der Waals surface area contributed by atoms with Gasteiger partial charge in [0, 0.05) is 23.3 Å². The highest BCUT2D eigenvalue weighted by Gasteiger charge is 2.21. The Labute approximate surface area is 195 Å². The quantitative estimate of drug-likeness (QED) is 0.305. The number of hydrogen-bond donors (Lipinski definition) is 1. The van der Waals surface area contributed by atoms with Gasteiger partial charge in [-0.3, -0.25) is 9.36 Å². The Kier molecular flexibility index (Phi) is 8.01. The molecule has 31 heavy (non-hydrogen) atoms. The number of ether oxygens (including phenoxy) is 1. The minimum absolute atomic E-state index is 0.121. The molecule has 162 valence electrons. The Balaban J connectivity index is 1.70. The summed E-state index contributed by atoms with van der Waals surface area (Å²) < 4.78 is 7.83. The Bertz CT molecular complexity index is 1090. The summed E-state index contributed by atoms with van der Waals surface area (Å²) >= 11 is 13.5. The van der Waals surface area contributed by atoms with E-state index in [1.807, 2.05) is 42.7 Å². The maximum atomic E-state index is 12.4. The topological polar surface area (TPSA) is 69.0 Å². The van der Waals surface area contributed by atoms with Gasteiger partial charge in [-0.15, -0.1) is 16.8 Å². The Hall–Kier alpha value is -2.48. The predicted octanol–water partition coefficient (Wildman–Crippen LogP) is 5.95. The van der Waals surface area contributed by atoms with Crippen LogP contribution in [0.2, 0.25) is 10.0 Å². The van der Waals surface area contributed by atoms with E-state index >= 15 is 0 Å². The first-order chi connectivity index (χ1) is 14.9. The van der Waals surface area contributed by atoms with Crippen molar-refractivity contribution < 1.29 is 9.53 Å². The number of nitrogens with one attached hydrogen (secondary N) is 1. The molecule has 0 aliphatic carbocycles. The van der Waals surface area contributed by atoms with E-state index in [0.717, 1.165) is 11.3 Å². The van der Waals surface area contributed by atoms with E-state index in [2.05, 4.69) is 22.1 Å². The van der Waals surface area contributed by atoms with Crippen molar-refractivity contribution >= 4 is 46.6 Å². The molecule has 1 atom stereocenters. The molecular weight excluding hydrogens is 455 g/mol. The van der Waals surface area contributed by atoms with Crippen LogP contribution in [0.5, 0.6) is 5.75 Å². The molecule has 0 radical (unpaired) electrons. The van der Waals surface area contributed by atoms with Gasteiger partial charge in [-0.1, -0.05) is 59.2 Å². The lowest BCUT2D eigenvalue weighted by Crippen LogP contribution is -2.16. The molecule has 1 aromatic heterocycles. The molecule has 0 aliphatic rings. The van der Waals surface area contributed by atoms with Crippen LogP contribution in [-0.4, -0.2) is 26.4 Å². The van der Waals surface area contributed by atoms with Crippen molar-refractivity contribution in [2.45, 2.75) is 31.7 Å². The molecule has 0 fully saturated rings. The summed E-state index contributed by atoms with van der Waals surface area (Å²) in [5, 5.41) is 13.0. The van der Waals surface area contributed by atoms with Crippen LogP contribution < -0.4 is 10.1 Å². The summed E-state index contributed by atoms with van der Waals surface area (Å²) in [6.45, 7) is 8.07. The third-order valence-corrected chi connectivity index (χ3v) is 5.88. The molecule has 0 saturated heterocycles. The van der Waals surface area contributed by atoms with E-state index in [4.69, 9.17) is 27.9 Å². The summed E-state index contributed by atoms with van der Waals surface area (Å²) in [7, 11) is 0. The second kappa shape index (κ2) is 10.7. The largest absolute Gasteiger partial charge is 0.481 e. The number of anilines is 1. The number of amides is 1. The molecule has 6 nitrogen and oxygen atoms in total. The molecule has 0 bridgehead atoms. The van der Waals surface area contributed by atoms with E-state index in [1.54, 1.807) is 24.3 Å². The molecule has 0 saturated carbocycles. The summed E-state index contributed by atoms with van der Waals surface area (Å²) in [6.07, 6.45) is 1.29. The number of para-hydroxylation sites is 1. The average Bonchev–Trinajstić information content (AvgIpc) is 3.14. The number of carbonyl (C=O) groups excluding carboxylic acids is 1. The van der Waals surface area contributed by atoms with Crippen molar-refractivity contribution in [2.75, 3.05) is 11.1 Å². The lowest BCUT2D eigenvalue weighted by atomic mass is 10.2. The first-order valence-corrected chi connectivity index (χ1v) is 11.3. The monoisotopic (exact) mass is 476 g/mol.